The Labute approximate surface area is 116 Å². The van der Waals surface area contributed by atoms with Crippen LogP contribution in [0, 0.1) is 0 Å². The van der Waals surface area contributed by atoms with E-state index in [-0.39, 0.29) is 0 Å². The van der Waals surface area contributed by atoms with Crippen molar-refractivity contribution in [1.29, 1.82) is 0 Å². The molecular weight excluding hydrogens is 236 g/mol. The lowest BCUT2D eigenvalue weighted by Crippen LogP contribution is -2.44. The second-order valence-electron chi connectivity index (χ2n) is 5.43. The summed E-state index contributed by atoms with van der Waals surface area (Å²) in [5.74, 6) is 0.929. The molecule has 0 aliphatic heterocycles. The van der Waals surface area contributed by atoms with Crippen LogP contribution in [0.5, 0.6) is 5.75 Å². The molecule has 0 amide bonds. The van der Waals surface area contributed by atoms with Gasteiger partial charge >= 0.3 is 0 Å². The van der Waals surface area contributed by atoms with Gasteiger partial charge in [0.05, 0.1) is 7.11 Å². The Kier molecular flexibility index (Phi) is 5.23. The zero-order valence-electron chi connectivity index (χ0n) is 12.4. The summed E-state index contributed by atoms with van der Waals surface area (Å²) in [4.78, 5) is 2.49. The molecule has 106 valence electrons. The number of ether oxygens (including phenoxy) is 1. The molecule has 3 nitrogen and oxygen atoms in total. The number of hydrogen-bond acceptors (Lipinski definition) is 3. The molecule has 2 unspecified atom stereocenters. The van der Waals surface area contributed by atoms with Crippen LogP contribution in [0.1, 0.15) is 31.7 Å². The second kappa shape index (κ2) is 6.92. The minimum atomic E-state index is 0.660. The van der Waals surface area contributed by atoms with Gasteiger partial charge in [0.1, 0.15) is 5.75 Å². The topological polar surface area (TPSA) is 24.5 Å². The molecule has 1 N–H and O–H groups in total. The fraction of sp³-hybridized carbons (Fsp3) is 0.625. The maximum atomic E-state index is 5.20. The third kappa shape index (κ3) is 3.71. The molecule has 0 saturated heterocycles. The fourth-order valence-corrected chi connectivity index (χ4v) is 3.10. The van der Waals surface area contributed by atoms with Gasteiger partial charge in [0.2, 0.25) is 0 Å². The summed E-state index contributed by atoms with van der Waals surface area (Å²) in [6.07, 6.45) is 3.96. The van der Waals surface area contributed by atoms with E-state index in [0.717, 1.165) is 18.8 Å². The summed E-state index contributed by atoms with van der Waals surface area (Å²) >= 11 is 0. The summed E-state index contributed by atoms with van der Waals surface area (Å²) in [5.41, 5.74) is 1.35. The minimum Gasteiger partial charge on any atom is -0.497 e. The number of likely N-dealkylation sites (N-methyl/N-ethyl adjacent to an activating group) is 2. The molecule has 1 aromatic rings. The lowest BCUT2D eigenvalue weighted by molar-refractivity contribution is 0.205. The van der Waals surface area contributed by atoms with Crippen LogP contribution in [0.4, 0.5) is 0 Å². The Morgan fingerprint density at radius 3 is 2.63 bits per heavy atom. The van der Waals surface area contributed by atoms with Crippen molar-refractivity contribution in [3.05, 3.63) is 29.8 Å². The lowest BCUT2D eigenvalue weighted by atomic mass is 10.1. The molecule has 1 fully saturated rings. The average Bonchev–Trinajstić information content (AvgIpc) is 2.88. The van der Waals surface area contributed by atoms with Crippen molar-refractivity contribution in [2.45, 2.75) is 44.8 Å². The summed E-state index contributed by atoms with van der Waals surface area (Å²) in [7, 11) is 3.95. The first-order valence-corrected chi connectivity index (χ1v) is 7.31. The first kappa shape index (κ1) is 14.4. The van der Waals surface area contributed by atoms with Gasteiger partial charge in [-0.05, 0) is 44.1 Å². The van der Waals surface area contributed by atoms with E-state index in [9.17, 15) is 0 Å². The third-order valence-corrected chi connectivity index (χ3v) is 4.10. The molecule has 1 aromatic carbocycles. The van der Waals surface area contributed by atoms with E-state index in [1.165, 1.54) is 24.8 Å². The van der Waals surface area contributed by atoms with Crippen molar-refractivity contribution in [1.82, 2.24) is 10.2 Å². The Morgan fingerprint density at radius 1 is 1.26 bits per heavy atom. The molecular formula is C16H26N2O. The van der Waals surface area contributed by atoms with Gasteiger partial charge in [0, 0.05) is 18.6 Å². The summed E-state index contributed by atoms with van der Waals surface area (Å²) in [5, 5.41) is 3.62. The van der Waals surface area contributed by atoms with Crippen LogP contribution in [0.15, 0.2) is 24.3 Å². The number of nitrogens with zero attached hydrogens (tertiary/aromatic N) is 1. The highest BCUT2D eigenvalue weighted by molar-refractivity contribution is 5.27. The second-order valence-corrected chi connectivity index (χ2v) is 5.43. The predicted octanol–water partition coefficient (Wildman–Crippen LogP) is 2.66. The van der Waals surface area contributed by atoms with Crippen molar-refractivity contribution < 1.29 is 4.74 Å². The van der Waals surface area contributed by atoms with Gasteiger partial charge in [-0.1, -0.05) is 25.5 Å². The van der Waals surface area contributed by atoms with Gasteiger partial charge in [-0.25, -0.2) is 0 Å². The quantitative estimate of drug-likeness (QED) is 0.853. The number of hydrogen-bond donors (Lipinski definition) is 1. The van der Waals surface area contributed by atoms with E-state index in [1.807, 2.05) is 12.1 Å². The Balaban J connectivity index is 1.93. The number of methoxy groups -OCH3 is 1. The Bertz CT molecular complexity index is 377. The van der Waals surface area contributed by atoms with E-state index in [2.05, 4.69) is 36.3 Å². The number of benzene rings is 1. The zero-order valence-corrected chi connectivity index (χ0v) is 12.4. The maximum absolute atomic E-state index is 5.20. The highest BCUT2D eigenvalue weighted by Gasteiger charge is 2.29. The largest absolute Gasteiger partial charge is 0.497 e. The van der Waals surface area contributed by atoms with Crippen LogP contribution in [0.2, 0.25) is 0 Å². The van der Waals surface area contributed by atoms with Gasteiger partial charge in [0.25, 0.3) is 0 Å². The predicted molar refractivity (Wildman–Crippen MR) is 79.6 cm³/mol. The van der Waals surface area contributed by atoms with Crippen LogP contribution in [0.3, 0.4) is 0 Å². The highest BCUT2D eigenvalue weighted by Crippen LogP contribution is 2.25. The summed E-state index contributed by atoms with van der Waals surface area (Å²) in [6.45, 7) is 4.27. The molecule has 1 saturated carbocycles. The standard InChI is InChI=1S/C16H26N2O/c1-4-17-15-6-5-7-16(15)18(2)12-13-8-10-14(19-3)11-9-13/h8-11,15-17H,4-7,12H2,1-3H3. The van der Waals surface area contributed by atoms with Crippen molar-refractivity contribution in [2.24, 2.45) is 0 Å². The summed E-state index contributed by atoms with van der Waals surface area (Å²) in [6, 6.07) is 9.73. The molecule has 19 heavy (non-hydrogen) atoms. The van der Waals surface area contributed by atoms with Crippen molar-refractivity contribution in [3.63, 3.8) is 0 Å². The normalized spacial score (nSPS) is 22.9. The van der Waals surface area contributed by atoms with Crippen molar-refractivity contribution in [2.75, 3.05) is 20.7 Å². The molecule has 0 heterocycles. The van der Waals surface area contributed by atoms with Gasteiger partial charge in [-0.3, -0.25) is 4.90 Å². The molecule has 3 heteroatoms. The highest BCUT2D eigenvalue weighted by atomic mass is 16.5. The van der Waals surface area contributed by atoms with E-state index in [0.29, 0.717) is 12.1 Å². The average molecular weight is 262 g/mol. The van der Waals surface area contributed by atoms with E-state index < -0.39 is 0 Å². The van der Waals surface area contributed by atoms with E-state index >= 15 is 0 Å². The maximum Gasteiger partial charge on any atom is 0.118 e. The fourth-order valence-electron chi connectivity index (χ4n) is 3.10. The van der Waals surface area contributed by atoms with E-state index in [1.54, 1.807) is 7.11 Å². The third-order valence-electron chi connectivity index (χ3n) is 4.10. The Morgan fingerprint density at radius 2 is 2.00 bits per heavy atom. The van der Waals surface area contributed by atoms with Crippen LogP contribution in [0.25, 0.3) is 0 Å². The van der Waals surface area contributed by atoms with Gasteiger partial charge in [0.15, 0.2) is 0 Å². The molecule has 0 radical (unpaired) electrons. The molecule has 1 aliphatic carbocycles. The molecule has 1 aliphatic rings. The minimum absolute atomic E-state index is 0.660. The zero-order chi connectivity index (χ0) is 13.7. The van der Waals surface area contributed by atoms with Crippen LogP contribution < -0.4 is 10.1 Å². The first-order chi connectivity index (χ1) is 9.24. The smallest absolute Gasteiger partial charge is 0.118 e. The van der Waals surface area contributed by atoms with Crippen molar-refractivity contribution >= 4 is 0 Å². The molecule has 2 atom stereocenters. The number of rotatable bonds is 6. The molecule has 0 spiro atoms. The molecule has 0 bridgehead atoms. The molecule has 2 rings (SSSR count). The van der Waals surface area contributed by atoms with Crippen molar-refractivity contribution in [3.8, 4) is 5.75 Å². The lowest BCUT2D eigenvalue weighted by Gasteiger charge is -2.30. The van der Waals surface area contributed by atoms with Gasteiger partial charge in [-0.15, -0.1) is 0 Å². The molecule has 0 aromatic heterocycles. The van der Waals surface area contributed by atoms with Gasteiger partial charge in [-0.2, -0.15) is 0 Å². The van der Waals surface area contributed by atoms with Crippen LogP contribution >= 0.6 is 0 Å². The van der Waals surface area contributed by atoms with Gasteiger partial charge < -0.3 is 10.1 Å². The first-order valence-electron chi connectivity index (χ1n) is 7.31. The van der Waals surface area contributed by atoms with E-state index in [4.69, 9.17) is 4.74 Å². The van der Waals surface area contributed by atoms with Crippen LogP contribution in [-0.4, -0.2) is 37.7 Å². The summed E-state index contributed by atoms with van der Waals surface area (Å²) < 4.78 is 5.20. The van der Waals surface area contributed by atoms with Crippen LogP contribution in [-0.2, 0) is 6.54 Å². The Hall–Kier alpha value is -1.06. The number of nitrogens with one attached hydrogen (secondary N) is 1. The monoisotopic (exact) mass is 262 g/mol. The SMILES string of the molecule is CCNC1CCCC1N(C)Cc1ccc(OC)cc1.